The van der Waals surface area contributed by atoms with E-state index in [1.807, 2.05) is 0 Å². The van der Waals surface area contributed by atoms with Crippen molar-refractivity contribution in [1.29, 1.82) is 0 Å². The maximum Gasteiger partial charge on any atom is 0.311 e. The summed E-state index contributed by atoms with van der Waals surface area (Å²) < 4.78 is 0. The molecule has 0 bridgehead atoms. The summed E-state index contributed by atoms with van der Waals surface area (Å²) in [5, 5.41) is 12.3. The van der Waals surface area contributed by atoms with E-state index in [0.717, 1.165) is 25.8 Å². The minimum Gasteiger partial charge on any atom is -0.481 e. The monoisotopic (exact) mass is 309 g/mol. The van der Waals surface area contributed by atoms with Crippen molar-refractivity contribution in [2.75, 3.05) is 13.1 Å². The number of carboxylic acids is 1. The first kappa shape index (κ1) is 14.7. The van der Waals surface area contributed by atoms with Crippen molar-refractivity contribution in [3.63, 3.8) is 0 Å². The molecule has 120 valence electrons. The molecule has 1 unspecified atom stereocenters. The van der Waals surface area contributed by atoms with Gasteiger partial charge in [0.05, 0.1) is 5.41 Å². The Morgan fingerprint density at radius 1 is 1.26 bits per heavy atom. The number of hydrogen-bond acceptors (Lipinski definition) is 2. The van der Waals surface area contributed by atoms with Crippen LogP contribution in [0, 0.1) is 11.3 Å². The third-order valence-electron chi connectivity index (χ3n) is 6.13. The number of rotatable bonds is 3. The van der Waals surface area contributed by atoms with Gasteiger partial charge in [-0.25, -0.2) is 0 Å². The van der Waals surface area contributed by atoms with Crippen LogP contribution in [0.3, 0.4) is 0 Å². The largest absolute Gasteiger partial charge is 0.481 e. The molecule has 2 fully saturated rings. The third-order valence-corrected chi connectivity index (χ3v) is 6.13. The zero-order valence-electron chi connectivity index (χ0n) is 13.5. The predicted molar refractivity (Wildman–Crippen MR) is 91.3 cm³/mol. The van der Waals surface area contributed by atoms with Crippen LogP contribution in [0.25, 0.3) is 10.8 Å². The smallest absolute Gasteiger partial charge is 0.311 e. The van der Waals surface area contributed by atoms with Gasteiger partial charge in [-0.2, -0.15) is 0 Å². The van der Waals surface area contributed by atoms with Gasteiger partial charge in [0.25, 0.3) is 0 Å². The van der Waals surface area contributed by atoms with Crippen molar-refractivity contribution in [2.24, 2.45) is 11.3 Å². The second-order valence-electron chi connectivity index (χ2n) is 7.26. The van der Waals surface area contributed by atoms with Gasteiger partial charge in [0.15, 0.2) is 0 Å². The summed E-state index contributed by atoms with van der Waals surface area (Å²) in [4.78, 5) is 14.2. The number of likely N-dealkylation sites (tertiary alicyclic amines) is 1. The molecule has 1 saturated carbocycles. The predicted octanol–water partition coefficient (Wildman–Crippen LogP) is 4.09. The number of carbonyl (C=O) groups is 1. The van der Waals surface area contributed by atoms with Gasteiger partial charge in [0, 0.05) is 19.1 Å². The van der Waals surface area contributed by atoms with E-state index in [-0.39, 0.29) is 6.04 Å². The van der Waals surface area contributed by atoms with Crippen LogP contribution in [0.2, 0.25) is 0 Å². The Balaban J connectivity index is 1.61. The molecule has 0 radical (unpaired) electrons. The van der Waals surface area contributed by atoms with Crippen LogP contribution in [0.15, 0.2) is 42.5 Å². The Morgan fingerprint density at radius 3 is 2.78 bits per heavy atom. The van der Waals surface area contributed by atoms with E-state index in [0.29, 0.717) is 12.5 Å². The molecule has 2 aliphatic rings. The second-order valence-corrected chi connectivity index (χ2v) is 7.26. The van der Waals surface area contributed by atoms with Crippen LogP contribution < -0.4 is 0 Å². The molecule has 1 aliphatic heterocycles. The van der Waals surface area contributed by atoms with Crippen LogP contribution >= 0.6 is 0 Å². The van der Waals surface area contributed by atoms with Gasteiger partial charge < -0.3 is 5.11 Å². The molecule has 0 amide bonds. The van der Waals surface area contributed by atoms with Gasteiger partial charge in [-0.1, -0.05) is 42.8 Å². The van der Waals surface area contributed by atoms with Gasteiger partial charge in [-0.05, 0) is 48.1 Å². The molecule has 1 N–H and O–H groups in total. The van der Waals surface area contributed by atoms with Crippen molar-refractivity contribution in [2.45, 2.75) is 32.2 Å². The number of aliphatic carboxylic acids is 1. The summed E-state index contributed by atoms with van der Waals surface area (Å²) in [6.45, 7) is 3.82. The van der Waals surface area contributed by atoms with Gasteiger partial charge >= 0.3 is 5.97 Å². The van der Waals surface area contributed by atoms with Gasteiger partial charge in [-0.3, -0.25) is 9.69 Å². The van der Waals surface area contributed by atoms with E-state index >= 15 is 0 Å². The normalized spacial score (nSPS) is 28.8. The quantitative estimate of drug-likeness (QED) is 0.928. The lowest BCUT2D eigenvalue weighted by atomic mass is 9.81. The number of nitrogens with zero attached hydrogens (tertiary/aromatic N) is 1. The summed E-state index contributed by atoms with van der Waals surface area (Å²) in [7, 11) is 0. The number of hydrogen-bond donors (Lipinski definition) is 1. The maximum absolute atomic E-state index is 11.9. The molecule has 3 atom stereocenters. The fourth-order valence-electron chi connectivity index (χ4n) is 4.65. The highest BCUT2D eigenvalue weighted by Crippen LogP contribution is 2.50. The fourth-order valence-corrected chi connectivity index (χ4v) is 4.65. The molecule has 4 rings (SSSR count). The molecule has 0 spiro atoms. The van der Waals surface area contributed by atoms with Gasteiger partial charge in [-0.15, -0.1) is 0 Å². The van der Waals surface area contributed by atoms with Crippen molar-refractivity contribution in [1.82, 2.24) is 4.90 Å². The van der Waals surface area contributed by atoms with E-state index in [1.54, 1.807) is 0 Å². The summed E-state index contributed by atoms with van der Waals surface area (Å²) in [6.07, 6.45) is 2.97. The zero-order valence-corrected chi connectivity index (χ0v) is 13.5. The third kappa shape index (κ3) is 2.26. The lowest BCUT2D eigenvalue weighted by Gasteiger charge is -2.27. The molecule has 2 aromatic rings. The van der Waals surface area contributed by atoms with Crippen LogP contribution in [0.4, 0.5) is 0 Å². The Hall–Kier alpha value is -1.87. The Labute approximate surface area is 136 Å². The van der Waals surface area contributed by atoms with Crippen LogP contribution in [-0.4, -0.2) is 29.1 Å². The molecule has 0 aromatic heterocycles. The first-order valence-electron chi connectivity index (χ1n) is 8.56. The first-order valence-corrected chi connectivity index (χ1v) is 8.56. The molecular formula is C20H23NO2. The Kier molecular flexibility index (Phi) is 3.42. The topological polar surface area (TPSA) is 40.5 Å². The van der Waals surface area contributed by atoms with Crippen LogP contribution in [0.1, 0.15) is 37.8 Å². The highest BCUT2D eigenvalue weighted by Gasteiger charge is 2.55. The summed E-state index contributed by atoms with van der Waals surface area (Å²) in [6, 6.07) is 15.3. The van der Waals surface area contributed by atoms with Crippen LogP contribution in [-0.2, 0) is 4.79 Å². The summed E-state index contributed by atoms with van der Waals surface area (Å²) >= 11 is 0. The number of fused-ring (bicyclic) bond motifs is 2. The van der Waals surface area contributed by atoms with Crippen molar-refractivity contribution < 1.29 is 9.90 Å². The molecule has 3 nitrogen and oxygen atoms in total. The average molecular weight is 309 g/mol. The molecule has 23 heavy (non-hydrogen) atoms. The highest BCUT2D eigenvalue weighted by atomic mass is 16.4. The van der Waals surface area contributed by atoms with E-state index in [9.17, 15) is 9.90 Å². The SMILES string of the molecule is CC(c1ccc2ccccc2c1)N1C[C@@H]2CCC[C@@]2(C(=O)O)C1. The lowest BCUT2D eigenvalue weighted by Crippen LogP contribution is -2.36. The summed E-state index contributed by atoms with van der Waals surface area (Å²) in [5.41, 5.74) is 0.787. The first-order chi connectivity index (χ1) is 11.1. The molecule has 1 heterocycles. The Morgan fingerprint density at radius 2 is 2.04 bits per heavy atom. The Bertz CT molecular complexity index is 756. The van der Waals surface area contributed by atoms with E-state index in [4.69, 9.17) is 0 Å². The minimum atomic E-state index is -0.590. The van der Waals surface area contributed by atoms with E-state index in [1.165, 1.54) is 16.3 Å². The van der Waals surface area contributed by atoms with Gasteiger partial charge in [0.1, 0.15) is 0 Å². The second kappa shape index (κ2) is 5.34. The fraction of sp³-hybridized carbons (Fsp3) is 0.450. The molecule has 2 aromatic carbocycles. The molecule has 3 heteroatoms. The van der Waals surface area contributed by atoms with Crippen molar-refractivity contribution in [3.05, 3.63) is 48.0 Å². The average Bonchev–Trinajstić information content (AvgIpc) is 3.12. The summed E-state index contributed by atoms with van der Waals surface area (Å²) in [5.74, 6) is -0.267. The zero-order chi connectivity index (χ0) is 16.0. The van der Waals surface area contributed by atoms with Crippen LogP contribution in [0.5, 0.6) is 0 Å². The minimum absolute atomic E-state index is 0.265. The lowest BCUT2D eigenvalue weighted by molar-refractivity contribution is -0.149. The molecule has 1 aliphatic carbocycles. The maximum atomic E-state index is 11.9. The standard InChI is InChI=1S/C20H23NO2/c1-14(16-9-8-15-5-2-3-6-17(15)11-16)21-12-18-7-4-10-20(18,13-21)19(22)23/h2-3,5-6,8-9,11,14,18H,4,7,10,12-13H2,1H3,(H,22,23)/t14?,18-,20+/m0/s1. The number of carboxylic acid groups (broad SMARTS) is 1. The van der Waals surface area contributed by atoms with E-state index in [2.05, 4.69) is 54.3 Å². The molecular weight excluding hydrogens is 286 g/mol. The van der Waals surface area contributed by atoms with Gasteiger partial charge in [0.2, 0.25) is 0 Å². The number of benzene rings is 2. The van der Waals surface area contributed by atoms with Crippen molar-refractivity contribution in [3.8, 4) is 0 Å². The van der Waals surface area contributed by atoms with E-state index < -0.39 is 11.4 Å². The van der Waals surface area contributed by atoms with Crippen molar-refractivity contribution >= 4 is 16.7 Å². The molecule has 1 saturated heterocycles. The highest BCUT2D eigenvalue weighted by molar-refractivity contribution is 5.83.